The predicted molar refractivity (Wildman–Crippen MR) is 163 cm³/mol. The van der Waals surface area contributed by atoms with Gasteiger partial charge in [-0.15, -0.1) is 11.3 Å². The Labute approximate surface area is 249 Å². The van der Waals surface area contributed by atoms with Gasteiger partial charge in [-0.2, -0.15) is 0 Å². The summed E-state index contributed by atoms with van der Waals surface area (Å²) in [5, 5.41) is 12.9. The number of rotatable bonds is 11. The lowest BCUT2D eigenvalue weighted by Crippen LogP contribution is -2.52. The van der Waals surface area contributed by atoms with Crippen molar-refractivity contribution < 1.29 is 24.2 Å². The summed E-state index contributed by atoms with van der Waals surface area (Å²) in [5.41, 5.74) is -2.20. The van der Waals surface area contributed by atoms with Crippen molar-refractivity contribution >= 4 is 33.4 Å². The third-order valence-electron chi connectivity index (χ3n) is 7.72. The molecule has 3 aromatic rings. The van der Waals surface area contributed by atoms with Gasteiger partial charge >= 0.3 is 11.7 Å². The number of benzene rings is 1. The van der Waals surface area contributed by atoms with Crippen LogP contribution in [0.25, 0.3) is 10.2 Å². The van der Waals surface area contributed by atoms with Gasteiger partial charge in [0.15, 0.2) is 0 Å². The number of thiophene rings is 1. The van der Waals surface area contributed by atoms with E-state index >= 15 is 0 Å². The van der Waals surface area contributed by atoms with Gasteiger partial charge in [-0.3, -0.25) is 14.2 Å². The SMILES string of the molecule is CCNC(=O)c1sc2c(c1C)c(=O)n(C(C)(C)C(=O)O)c(=O)n2C[C@H](OC1CCCCC1)c1ccccc1OC(C)C. The molecule has 2 aromatic heterocycles. The zero-order valence-corrected chi connectivity index (χ0v) is 26.0. The normalized spacial score (nSPS) is 15.2. The number of ether oxygens (including phenoxy) is 2. The fourth-order valence-corrected chi connectivity index (χ4v) is 6.69. The molecule has 1 saturated carbocycles. The Kier molecular flexibility index (Phi) is 9.62. The van der Waals surface area contributed by atoms with Crippen LogP contribution in [-0.2, 0) is 21.6 Å². The van der Waals surface area contributed by atoms with Gasteiger partial charge in [-0.1, -0.05) is 37.5 Å². The van der Waals surface area contributed by atoms with E-state index < -0.39 is 28.9 Å². The fraction of sp³-hybridized carbons (Fsp3) is 0.548. The molecular formula is C31H41N3O7S. The van der Waals surface area contributed by atoms with E-state index in [0.29, 0.717) is 27.6 Å². The molecule has 0 aliphatic heterocycles. The molecule has 10 nitrogen and oxygen atoms in total. The maximum absolute atomic E-state index is 14.2. The predicted octanol–water partition coefficient (Wildman–Crippen LogP) is 4.98. The first-order valence-electron chi connectivity index (χ1n) is 14.6. The number of fused-ring (bicyclic) bond motifs is 1. The lowest BCUT2D eigenvalue weighted by Gasteiger charge is -2.30. The van der Waals surface area contributed by atoms with E-state index in [1.807, 2.05) is 38.1 Å². The summed E-state index contributed by atoms with van der Waals surface area (Å²) in [7, 11) is 0. The highest BCUT2D eigenvalue weighted by Gasteiger charge is 2.36. The topological polar surface area (TPSA) is 129 Å². The summed E-state index contributed by atoms with van der Waals surface area (Å²) < 4.78 is 15.0. The summed E-state index contributed by atoms with van der Waals surface area (Å²) in [6.45, 7) is 10.3. The van der Waals surface area contributed by atoms with Crippen molar-refractivity contribution in [1.29, 1.82) is 0 Å². The van der Waals surface area contributed by atoms with Crippen molar-refractivity contribution in [3.05, 3.63) is 61.1 Å². The Hall–Kier alpha value is -3.44. The van der Waals surface area contributed by atoms with Gasteiger partial charge in [0.25, 0.3) is 11.5 Å². The lowest BCUT2D eigenvalue weighted by atomic mass is 9.97. The summed E-state index contributed by atoms with van der Waals surface area (Å²) in [6.07, 6.45) is 4.24. The average molecular weight is 600 g/mol. The summed E-state index contributed by atoms with van der Waals surface area (Å²) in [6, 6.07) is 7.53. The van der Waals surface area contributed by atoms with E-state index in [-0.39, 0.29) is 30.0 Å². The maximum Gasteiger partial charge on any atom is 0.333 e. The first-order chi connectivity index (χ1) is 19.9. The van der Waals surface area contributed by atoms with Crippen molar-refractivity contribution in [1.82, 2.24) is 14.5 Å². The van der Waals surface area contributed by atoms with Gasteiger partial charge in [0.2, 0.25) is 0 Å². The molecule has 2 heterocycles. The van der Waals surface area contributed by atoms with Crippen LogP contribution in [0.15, 0.2) is 33.9 Å². The molecule has 11 heteroatoms. The van der Waals surface area contributed by atoms with Crippen LogP contribution < -0.4 is 21.3 Å². The van der Waals surface area contributed by atoms with Gasteiger partial charge in [0, 0.05) is 12.1 Å². The second-order valence-electron chi connectivity index (χ2n) is 11.6. The van der Waals surface area contributed by atoms with Gasteiger partial charge in [-0.05, 0) is 66.0 Å². The van der Waals surface area contributed by atoms with E-state index in [2.05, 4.69) is 5.32 Å². The third-order valence-corrected chi connectivity index (χ3v) is 9.04. The van der Waals surface area contributed by atoms with Crippen LogP contribution in [0.1, 0.15) is 93.6 Å². The van der Waals surface area contributed by atoms with Crippen molar-refractivity contribution in [3.63, 3.8) is 0 Å². The molecule has 0 radical (unpaired) electrons. The minimum Gasteiger partial charge on any atom is -0.491 e. The van der Waals surface area contributed by atoms with Gasteiger partial charge < -0.3 is 19.9 Å². The number of carboxylic acids is 1. The molecule has 1 aliphatic rings. The van der Waals surface area contributed by atoms with Crippen molar-refractivity contribution in [2.75, 3.05) is 6.54 Å². The molecule has 42 heavy (non-hydrogen) atoms. The lowest BCUT2D eigenvalue weighted by molar-refractivity contribution is -0.146. The van der Waals surface area contributed by atoms with Crippen LogP contribution in [0, 0.1) is 6.92 Å². The molecule has 1 amide bonds. The molecule has 4 rings (SSSR count). The quantitative estimate of drug-likeness (QED) is 0.318. The van der Waals surface area contributed by atoms with E-state index in [1.54, 1.807) is 13.8 Å². The second-order valence-corrected chi connectivity index (χ2v) is 12.6. The molecule has 1 atom stereocenters. The number of aromatic nitrogens is 2. The summed E-state index contributed by atoms with van der Waals surface area (Å²) >= 11 is 1.06. The van der Waals surface area contributed by atoms with E-state index in [4.69, 9.17) is 9.47 Å². The first-order valence-corrected chi connectivity index (χ1v) is 15.4. The van der Waals surface area contributed by atoms with E-state index in [0.717, 1.165) is 53.6 Å². The molecule has 228 valence electrons. The summed E-state index contributed by atoms with van der Waals surface area (Å²) in [4.78, 5) is 53.9. The highest BCUT2D eigenvalue weighted by atomic mass is 32.1. The standard InChI is InChI=1S/C31H41N3O7S/c1-7-32-26(35)25-19(4)24-27(36)34(31(5,6)29(37)38)30(39)33(28(24)42-25)17-23(41-20-13-9-8-10-14-20)21-15-11-12-16-22(21)40-18(2)3/h11-12,15-16,18,20,23H,7-10,13-14,17H2,1-6H3,(H,32,35)(H,37,38)/t23-/m0/s1. The largest absolute Gasteiger partial charge is 0.491 e. The number of hydrogen-bond donors (Lipinski definition) is 2. The zero-order chi connectivity index (χ0) is 30.8. The molecule has 0 saturated heterocycles. The number of aliphatic carboxylic acids is 1. The molecule has 1 aromatic carbocycles. The number of hydrogen-bond acceptors (Lipinski definition) is 7. The number of nitrogens with zero attached hydrogens (tertiary/aromatic N) is 2. The van der Waals surface area contributed by atoms with Crippen LogP contribution in [0.3, 0.4) is 0 Å². The van der Waals surface area contributed by atoms with Crippen LogP contribution in [-0.4, -0.2) is 44.9 Å². The number of para-hydroxylation sites is 1. The Morgan fingerprint density at radius 2 is 1.81 bits per heavy atom. The molecule has 0 bridgehead atoms. The molecule has 0 spiro atoms. The van der Waals surface area contributed by atoms with Crippen molar-refractivity contribution in [2.45, 2.75) is 104 Å². The maximum atomic E-state index is 14.2. The first kappa shape index (κ1) is 31.5. The Morgan fingerprint density at radius 3 is 2.43 bits per heavy atom. The highest BCUT2D eigenvalue weighted by molar-refractivity contribution is 7.20. The second kappa shape index (κ2) is 12.8. The van der Waals surface area contributed by atoms with Crippen LogP contribution in [0.5, 0.6) is 5.75 Å². The highest BCUT2D eigenvalue weighted by Crippen LogP contribution is 2.35. The van der Waals surface area contributed by atoms with Gasteiger partial charge in [-0.25, -0.2) is 14.2 Å². The van der Waals surface area contributed by atoms with Gasteiger partial charge in [0.1, 0.15) is 22.2 Å². The number of carbonyl (C=O) groups is 2. The molecule has 0 unspecified atom stereocenters. The number of nitrogens with one attached hydrogen (secondary N) is 1. The fourth-order valence-electron chi connectivity index (χ4n) is 5.48. The third kappa shape index (κ3) is 6.17. The van der Waals surface area contributed by atoms with E-state index in [1.165, 1.54) is 18.4 Å². The van der Waals surface area contributed by atoms with Crippen LogP contribution in [0.2, 0.25) is 0 Å². The average Bonchev–Trinajstić information content (AvgIpc) is 3.28. The smallest absolute Gasteiger partial charge is 0.333 e. The molecule has 1 fully saturated rings. The minimum absolute atomic E-state index is 0.00489. The molecular weight excluding hydrogens is 558 g/mol. The monoisotopic (exact) mass is 599 g/mol. The molecule has 1 aliphatic carbocycles. The molecule has 2 N–H and O–H groups in total. The number of carbonyl (C=O) groups excluding carboxylic acids is 1. The Morgan fingerprint density at radius 1 is 1.14 bits per heavy atom. The Bertz CT molecular complexity index is 1580. The van der Waals surface area contributed by atoms with Crippen LogP contribution in [0.4, 0.5) is 0 Å². The zero-order valence-electron chi connectivity index (χ0n) is 25.2. The van der Waals surface area contributed by atoms with Crippen molar-refractivity contribution in [3.8, 4) is 5.75 Å². The number of carboxylic acid groups (broad SMARTS) is 1. The van der Waals surface area contributed by atoms with E-state index in [9.17, 15) is 24.3 Å². The minimum atomic E-state index is -1.84. The number of amides is 1. The summed E-state index contributed by atoms with van der Waals surface area (Å²) in [5.74, 6) is -1.05. The van der Waals surface area contributed by atoms with Crippen molar-refractivity contribution in [2.24, 2.45) is 0 Å². The Balaban J connectivity index is 1.99. The van der Waals surface area contributed by atoms with Crippen LogP contribution >= 0.6 is 11.3 Å². The number of aryl methyl sites for hydroxylation is 1. The van der Waals surface area contributed by atoms with Gasteiger partial charge in [0.05, 0.1) is 29.0 Å².